The fourth-order valence-electron chi connectivity index (χ4n) is 2.24. The maximum Gasteiger partial charge on any atom is 0.240 e. The number of nitrogens with one attached hydrogen (secondary N) is 1. The molecule has 0 aromatic heterocycles. The topological polar surface area (TPSA) is 55.4 Å². The zero-order chi connectivity index (χ0) is 17.0. The van der Waals surface area contributed by atoms with E-state index < -0.39 is 10.0 Å². The number of sulfonamides is 1. The van der Waals surface area contributed by atoms with Crippen LogP contribution in [0.1, 0.15) is 30.9 Å². The average Bonchev–Trinajstić information content (AvgIpc) is 2.52. The molecular formula is C17H20ClNO3S. The van der Waals surface area contributed by atoms with Crippen molar-refractivity contribution in [3.8, 4) is 5.75 Å². The summed E-state index contributed by atoms with van der Waals surface area (Å²) in [4.78, 5) is 0.226. The molecule has 0 unspecified atom stereocenters. The van der Waals surface area contributed by atoms with Gasteiger partial charge in [-0.2, -0.15) is 0 Å². The summed E-state index contributed by atoms with van der Waals surface area (Å²) in [6.07, 6.45) is 0. The van der Waals surface area contributed by atoms with E-state index in [0.29, 0.717) is 10.8 Å². The highest BCUT2D eigenvalue weighted by atomic mass is 35.5. The van der Waals surface area contributed by atoms with Crippen LogP contribution in [0.2, 0.25) is 5.02 Å². The minimum absolute atomic E-state index is 0.160. The molecule has 0 amide bonds. The number of halogens is 1. The molecule has 2 aromatic rings. The third-order valence-electron chi connectivity index (χ3n) is 3.49. The predicted molar refractivity (Wildman–Crippen MR) is 92.6 cm³/mol. The van der Waals surface area contributed by atoms with Gasteiger partial charge in [-0.15, -0.1) is 0 Å². The monoisotopic (exact) mass is 353 g/mol. The molecule has 23 heavy (non-hydrogen) atoms. The van der Waals surface area contributed by atoms with Crippen LogP contribution >= 0.6 is 11.6 Å². The van der Waals surface area contributed by atoms with Gasteiger partial charge in [0.05, 0.1) is 12.0 Å². The SMILES string of the molecule is COc1ccc(S(=O)(=O)NCc2cccc(Cl)c2)cc1C(C)C. The Morgan fingerprint density at radius 2 is 1.91 bits per heavy atom. The molecule has 2 rings (SSSR count). The molecule has 6 heteroatoms. The number of rotatable bonds is 6. The standard InChI is InChI=1S/C17H20ClNO3S/c1-12(2)16-10-15(7-8-17(16)22-3)23(20,21)19-11-13-5-4-6-14(18)9-13/h4-10,12,19H,11H2,1-3H3. The van der Waals surface area contributed by atoms with Crippen LogP contribution in [0.25, 0.3) is 0 Å². The fourth-order valence-corrected chi connectivity index (χ4v) is 3.50. The van der Waals surface area contributed by atoms with Crippen molar-refractivity contribution in [3.05, 3.63) is 58.6 Å². The van der Waals surface area contributed by atoms with Crippen LogP contribution in [0.5, 0.6) is 5.75 Å². The van der Waals surface area contributed by atoms with Crippen LogP contribution in [-0.2, 0) is 16.6 Å². The molecule has 0 aliphatic rings. The lowest BCUT2D eigenvalue weighted by Gasteiger charge is -2.14. The van der Waals surface area contributed by atoms with Gasteiger partial charge < -0.3 is 4.74 Å². The highest BCUT2D eigenvalue weighted by molar-refractivity contribution is 7.89. The Morgan fingerprint density at radius 3 is 2.52 bits per heavy atom. The van der Waals surface area contributed by atoms with Crippen LogP contribution in [-0.4, -0.2) is 15.5 Å². The summed E-state index contributed by atoms with van der Waals surface area (Å²) >= 11 is 5.91. The van der Waals surface area contributed by atoms with E-state index in [9.17, 15) is 8.42 Å². The van der Waals surface area contributed by atoms with Crippen molar-refractivity contribution >= 4 is 21.6 Å². The van der Waals surface area contributed by atoms with Crippen molar-refractivity contribution in [2.45, 2.75) is 31.2 Å². The molecular weight excluding hydrogens is 334 g/mol. The van der Waals surface area contributed by atoms with Crippen molar-refractivity contribution in [3.63, 3.8) is 0 Å². The van der Waals surface area contributed by atoms with E-state index in [-0.39, 0.29) is 17.4 Å². The van der Waals surface area contributed by atoms with Crippen LogP contribution in [0.4, 0.5) is 0 Å². The number of hydrogen-bond donors (Lipinski definition) is 1. The van der Waals surface area contributed by atoms with Crippen molar-refractivity contribution in [1.29, 1.82) is 0 Å². The molecule has 0 atom stereocenters. The van der Waals surface area contributed by atoms with Gasteiger partial charge in [-0.3, -0.25) is 0 Å². The van der Waals surface area contributed by atoms with Crippen LogP contribution < -0.4 is 9.46 Å². The first-order chi connectivity index (χ1) is 10.8. The quantitative estimate of drug-likeness (QED) is 0.855. The lowest BCUT2D eigenvalue weighted by Crippen LogP contribution is -2.23. The summed E-state index contributed by atoms with van der Waals surface area (Å²) in [7, 11) is -2.02. The van der Waals surface area contributed by atoms with Crippen molar-refractivity contribution in [2.75, 3.05) is 7.11 Å². The van der Waals surface area contributed by atoms with E-state index >= 15 is 0 Å². The minimum atomic E-state index is -3.60. The summed E-state index contributed by atoms with van der Waals surface area (Å²) in [5, 5.41) is 0.577. The molecule has 0 aliphatic carbocycles. The molecule has 0 saturated carbocycles. The number of ether oxygens (including phenoxy) is 1. The highest BCUT2D eigenvalue weighted by Gasteiger charge is 2.17. The molecule has 1 N–H and O–H groups in total. The van der Waals surface area contributed by atoms with Gasteiger partial charge in [0.2, 0.25) is 10.0 Å². The van der Waals surface area contributed by atoms with Gasteiger partial charge >= 0.3 is 0 Å². The minimum Gasteiger partial charge on any atom is -0.496 e. The number of hydrogen-bond acceptors (Lipinski definition) is 3. The van der Waals surface area contributed by atoms with Gasteiger partial charge in [0, 0.05) is 11.6 Å². The smallest absolute Gasteiger partial charge is 0.240 e. The molecule has 2 aromatic carbocycles. The Labute approximate surface area is 142 Å². The van der Waals surface area contributed by atoms with E-state index in [2.05, 4.69) is 4.72 Å². The highest BCUT2D eigenvalue weighted by Crippen LogP contribution is 2.28. The zero-order valence-electron chi connectivity index (χ0n) is 13.3. The molecule has 0 fully saturated rings. The maximum absolute atomic E-state index is 12.5. The van der Waals surface area contributed by atoms with Gasteiger partial charge in [-0.1, -0.05) is 37.6 Å². The molecule has 4 nitrogen and oxygen atoms in total. The molecule has 0 heterocycles. The Morgan fingerprint density at radius 1 is 1.17 bits per heavy atom. The molecule has 0 saturated heterocycles. The summed E-state index contributed by atoms with van der Waals surface area (Å²) < 4.78 is 32.8. The third kappa shape index (κ3) is 4.47. The van der Waals surface area contributed by atoms with E-state index in [1.165, 1.54) is 0 Å². The van der Waals surface area contributed by atoms with Crippen molar-refractivity contribution in [1.82, 2.24) is 4.72 Å². The molecule has 124 valence electrons. The second-order valence-electron chi connectivity index (χ2n) is 5.51. The second kappa shape index (κ2) is 7.34. The lowest BCUT2D eigenvalue weighted by atomic mass is 10.0. The summed E-state index contributed by atoms with van der Waals surface area (Å²) in [5.74, 6) is 0.849. The van der Waals surface area contributed by atoms with Gasteiger partial charge in [-0.05, 0) is 47.4 Å². The second-order valence-corrected chi connectivity index (χ2v) is 7.72. The zero-order valence-corrected chi connectivity index (χ0v) is 14.9. The third-order valence-corrected chi connectivity index (χ3v) is 5.12. The average molecular weight is 354 g/mol. The Balaban J connectivity index is 2.24. The lowest BCUT2D eigenvalue weighted by molar-refractivity contribution is 0.407. The van der Waals surface area contributed by atoms with Crippen LogP contribution in [0.15, 0.2) is 47.4 Å². The maximum atomic E-state index is 12.5. The normalized spacial score (nSPS) is 11.7. The first kappa shape index (κ1) is 17.8. The van der Waals surface area contributed by atoms with Crippen LogP contribution in [0, 0.1) is 0 Å². The predicted octanol–water partition coefficient (Wildman–Crippen LogP) is 3.95. The largest absolute Gasteiger partial charge is 0.496 e. The summed E-state index contributed by atoms with van der Waals surface area (Å²) in [5.41, 5.74) is 1.66. The van der Waals surface area contributed by atoms with E-state index in [1.54, 1.807) is 43.5 Å². The van der Waals surface area contributed by atoms with Gasteiger partial charge in [0.1, 0.15) is 5.75 Å². The molecule has 0 radical (unpaired) electrons. The fraction of sp³-hybridized carbons (Fsp3) is 0.294. The first-order valence-electron chi connectivity index (χ1n) is 7.25. The van der Waals surface area contributed by atoms with Gasteiger partial charge in [0.25, 0.3) is 0 Å². The summed E-state index contributed by atoms with van der Waals surface area (Å²) in [6, 6.07) is 12.0. The van der Waals surface area contributed by atoms with Gasteiger partial charge in [0.15, 0.2) is 0 Å². The van der Waals surface area contributed by atoms with Crippen molar-refractivity contribution < 1.29 is 13.2 Å². The van der Waals surface area contributed by atoms with Gasteiger partial charge in [-0.25, -0.2) is 13.1 Å². The van der Waals surface area contributed by atoms with E-state index in [0.717, 1.165) is 11.1 Å². The number of benzene rings is 2. The molecule has 0 aliphatic heterocycles. The Bertz CT molecular complexity index is 788. The van der Waals surface area contributed by atoms with Crippen molar-refractivity contribution in [2.24, 2.45) is 0 Å². The van der Waals surface area contributed by atoms with Crippen LogP contribution in [0.3, 0.4) is 0 Å². The Hall–Kier alpha value is -1.56. The molecule has 0 bridgehead atoms. The van der Waals surface area contributed by atoms with E-state index in [4.69, 9.17) is 16.3 Å². The Kier molecular flexibility index (Phi) is 5.68. The number of methoxy groups -OCH3 is 1. The van der Waals surface area contributed by atoms with E-state index in [1.807, 2.05) is 19.9 Å². The summed E-state index contributed by atoms with van der Waals surface area (Å²) in [6.45, 7) is 4.17. The first-order valence-corrected chi connectivity index (χ1v) is 9.11. The molecule has 0 spiro atoms.